The Hall–Kier alpha value is -0.200. The van der Waals surface area contributed by atoms with Crippen LogP contribution in [-0.4, -0.2) is 36.6 Å². The second-order valence-electron chi connectivity index (χ2n) is 3.32. The molecule has 0 aliphatic heterocycles. The van der Waals surface area contributed by atoms with E-state index in [1.54, 1.807) is 7.05 Å². The van der Waals surface area contributed by atoms with Crippen LogP contribution in [0.3, 0.4) is 0 Å². The zero-order chi connectivity index (χ0) is 10.1. The second kappa shape index (κ2) is 3.89. The highest BCUT2D eigenvalue weighted by molar-refractivity contribution is 7.92. The standard InChI is InChI=1S/C7H14N2O2S2/c1-9(6-3-2-4-6)13(10,11)5-7(8)12/h6H,2-5H2,1H3,(H2,8,12). The van der Waals surface area contributed by atoms with Crippen molar-refractivity contribution in [1.29, 1.82) is 0 Å². The Morgan fingerprint density at radius 2 is 2.15 bits per heavy atom. The van der Waals surface area contributed by atoms with Gasteiger partial charge in [0.05, 0.1) is 4.99 Å². The molecule has 1 rings (SSSR count). The van der Waals surface area contributed by atoms with Gasteiger partial charge in [-0.2, -0.15) is 0 Å². The summed E-state index contributed by atoms with van der Waals surface area (Å²) >= 11 is 4.58. The fourth-order valence-corrected chi connectivity index (χ4v) is 2.93. The first-order valence-electron chi connectivity index (χ1n) is 4.17. The fraction of sp³-hybridized carbons (Fsp3) is 0.857. The third-order valence-corrected chi connectivity index (χ3v) is 4.53. The zero-order valence-electron chi connectivity index (χ0n) is 7.56. The van der Waals surface area contributed by atoms with Gasteiger partial charge < -0.3 is 5.73 Å². The van der Waals surface area contributed by atoms with Gasteiger partial charge in [-0.25, -0.2) is 12.7 Å². The molecule has 0 aromatic rings. The van der Waals surface area contributed by atoms with E-state index in [1.165, 1.54) is 4.31 Å². The summed E-state index contributed by atoms with van der Waals surface area (Å²) in [5.41, 5.74) is 5.20. The minimum absolute atomic E-state index is 0.0335. The molecule has 1 saturated carbocycles. The Labute approximate surface area is 84.1 Å². The van der Waals surface area contributed by atoms with E-state index >= 15 is 0 Å². The molecule has 1 aliphatic carbocycles. The van der Waals surface area contributed by atoms with Crippen molar-refractivity contribution >= 4 is 27.2 Å². The monoisotopic (exact) mass is 222 g/mol. The maximum Gasteiger partial charge on any atom is 0.220 e. The molecule has 0 bridgehead atoms. The summed E-state index contributed by atoms with van der Waals surface area (Å²) in [6.45, 7) is 0. The van der Waals surface area contributed by atoms with Crippen molar-refractivity contribution in [2.24, 2.45) is 5.73 Å². The van der Waals surface area contributed by atoms with Crippen LogP contribution in [0.15, 0.2) is 0 Å². The minimum atomic E-state index is -3.25. The van der Waals surface area contributed by atoms with E-state index in [1.807, 2.05) is 0 Å². The number of hydrogen-bond donors (Lipinski definition) is 1. The molecule has 0 aromatic heterocycles. The molecule has 0 unspecified atom stereocenters. The van der Waals surface area contributed by atoms with Crippen molar-refractivity contribution in [3.05, 3.63) is 0 Å². The van der Waals surface area contributed by atoms with Gasteiger partial charge in [0.15, 0.2) is 0 Å². The summed E-state index contributed by atoms with van der Waals surface area (Å²) in [4.78, 5) is 0.0335. The van der Waals surface area contributed by atoms with Gasteiger partial charge >= 0.3 is 0 Å². The van der Waals surface area contributed by atoms with Crippen LogP contribution in [0.5, 0.6) is 0 Å². The maximum absolute atomic E-state index is 11.5. The Morgan fingerprint density at radius 1 is 1.62 bits per heavy atom. The first kappa shape index (κ1) is 10.9. The van der Waals surface area contributed by atoms with Crippen LogP contribution in [0.4, 0.5) is 0 Å². The summed E-state index contributed by atoms with van der Waals surface area (Å²) < 4.78 is 24.5. The Kier molecular flexibility index (Phi) is 3.26. The predicted molar refractivity (Wildman–Crippen MR) is 56.0 cm³/mol. The van der Waals surface area contributed by atoms with Crippen molar-refractivity contribution in [2.75, 3.05) is 12.8 Å². The van der Waals surface area contributed by atoms with E-state index < -0.39 is 10.0 Å². The molecule has 76 valence electrons. The van der Waals surface area contributed by atoms with Gasteiger partial charge in [-0.3, -0.25) is 0 Å². The Morgan fingerprint density at radius 3 is 2.46 bits per heavy atom. The smallest absolute Gasteiger partial charge is 0.220 e. The lowest BCUT2D eigenvalue weighted by Crippen LogP contribution is -2.44. The molecule has 0 atom stereocenters. The highest BCUT2D eigenvalue weighted by Gasteiger charge is 2.30. The minimum Gasteiger partial charge on any atom is -0.392 e. The average molecular weight is 222 g/mol. The van der Waals surface area contributed by atoms with Gasteiger partial charge in [0.2, 0.25) is 10.0 Å². The van der Waals surface area contributed by atoms with Crippen LogP contribution < -0.4 is 5.73 Å². The molecule has 1 aliphatic rings. The van der Waals surface area contributed by atoms with E-state index in [0.29, 0.717) is 0 Å². The number of rotatable bonds is 4. The summed E-state index contributed by atoms with van der Waals surface area (Å²) in [7, 11) is -1.66. The lowest BCUT2D eigenvalue weighted by Gasteiger charge is -2.33. The van der Waals surface area contributed by atoms with Crippen molar-refractivity contribution in [3.63, 3.8) is 0 Å². The lowest BCUT2D eigenvalue weighted by atomic mass is 9.94. The predicted octanol–water partition coefficient (Wildman–Crippen LogP) is 0.0866. The molecule has 0 spiro atoms. The molecule has 0 saturated heterocycles. The normalized spacial score (nSPS) is 18.6. The molecule has 0 aromatic carbocycles. The van der Waals surface area contributed by atoms with E-state index in [4.69, 9.17) is 5.73 Å². The molecule has 0 amide bonds. The number of hydrogen-bond acceptors (Lipinski definition) is 3. The second-order valence-corrected chi connectivity index (χ2v) is 5.88. The molecule has 4 nitrogen and oxygen atoms in total. The van der Waals surface area contributed by atoms with Crippen LogP contribution in [0.2, 0.25) is 0 Å². The highest BCUT2D eigenvalue weighted by Crippen LogP contribution is 2.25. The van der Waals surface area contributed by atoms with E-state index in [0.717, 1.165) is 19.3 Å². The van der Waals surface area contributed by atoms with Gasteiger partial charge in [0.1, 0.15) is 5.75 Å². The van der Waals surface area contributed by atoms with Gasteiger partial charge in [-0.05, 0) is 12.8 Å². The zero-order valence-corrected chi connectivity index (χ0v) is 9.20. The van der Waals surface area contributed by atoms with E-state index in [2.05, 4.69) is 12.2 Å². The van der Waals surface area contributed by atoms with E-state index in [9.17, 15) is 8.42 Å². The van der Waals surface area contributed by atoms with Gasteiger partial charge in [-0.15, -0.1) is 0 Å². The van der Waals surface area contributed by atoms with Crippen LogP contribution in [0.25, 0.3) is 0 Å². The third-order valence-electron chi connectivity index (χ3n) is 2.35. The maximum atomic E-state index is 11.5. The number of nitrogens with two attached hydrogens (primary N) is 1. The summed E-state index contributed by atoms with van der Waals surface area (Å²) in [5.74, 6) is -0.213. The summed E-state index contributed by atoms with van der Waals surface area (Å²) in [6, 6.07) is 0.166. The first-order chi connectivity index (χ1) is 5.93. The molecule has 13 heavy (non-hydrogen) atoms. The molecular formula is C7H14N2O2S2. The van der Waals surface area contributed by atoms with E-state index in [-0.39, 0.29) is 16.8 Å². The topological polar surface area (TPSA) is 63.4 Å². The average Bonchev–Trinajstić information content (AvgIpc) is 1.79. The van der Waals surface area contributed by atoms with Gasteiger partial charge in [-0.1, -0.05) is 18.6 Å². The molecular weight excluding hydrogens is 208 g/mol. The van der Waals surface area contributed by atoms with Crippen LogP contribution in [-0.2, 0) is 10.0 Å². The Bertz CT molecular complexity index is 296. The third kappa shape index (κ3) is 2.62. The highest BCUT2D eigenvalue weighted by atomic mass is 32.2. The molecule has 6 heteroatoms. The quantitative estimate of drug-likeness (QED) is 0.685. The van der Waals surface area contributed by atoms with Crippen molar-refractivity contribution in [1.82, 2.24) is 4.31 Å². The van der Waals surface area contributed by atoms with Gasteiger partial charge in [0, 0.05) is 13.1 Å². The molecule has 0 heterocycles. The first-order valence-corrected chi connectivity index (χ1v) is 6.19. The molecule has 0 radical (unpaired) electrons. The van der Waals surface area contributed by atoms with Crippen LogP contribution in [0.1, 0.15) is 19.3 Å². The van der Waals surface area contributed by atoms with Crippen LogP contribution in [0, 0.1) is 0 Å². The number of sulfonamides is 1. The summed E-state index contributed by atoms with van der Waals surface area (Å²) in [5, 5.41) is 0. The van der Waals surface area contributed by atoms with Crippen LogP contribution >= 0.6 is 12.2 Å². The largest absolute Gasteiger partial charge is 0.392 e. The Balaban J connectivity index is 2.62. The summed E-state index contributed by atoms with van der Waals surface area (Å²) in [6.07, 6.45) is 3.01. The molecule has 2 N–H and O–H groups in total. The lowest BCUT2D eigenvalue weighted by molar-refractivity contribution is 0.250. The van der Waals surface area contributed by atoms with Gasteiger partial charge in [0.25, 0.3) is 0 Å². The van der Waals surface area contributed by atoms with Crippen molar-refractivity contribution in [2.45, 2.75) is 25.3 Å². The van der Waals surface area contributed by atoms with Crippen molar-refractivity contribution < 1.29 is 8.42 Å². The fourth-order valence-electron chi connectivity index (χ4n) is 1.26. The van der Waals surface area contributed by atoms with Crippen molar-refractivity contribution in [3.8, 4) is 0 Å². The molecule has 1 fully saturated rings. The number of nitrogens with zero attached hydrogens (tertiary/aromatic N) is 1. The SMILES string of the molecule is CN(C1CCC1)S(=O)(=O)CC(N)=S. The number of thiocarbonyl (C=S) groups is 1.